The molecular weight excluding hydrogens is 306 g/mol. The van der Waals surface area contributed by atoms with Gasteiger partial charge in [0.1, 0.15) is 18.9 Å². The number of rotatable bonds is 7. The Bertz CT molecular complexity index is 704. The second-order valence-electron chi connectivity index (χ2n) is 5.48. The predicted molar refractivity (Wildman–Crippen MR) is 90.6 cm³/mol. The zero-order chi connectivity index (χ0) is 17.5. The van der Waals surface area contributed by atoms with E-state index in [2.05, 4.69) is 4.98 Å². The molecule has 0 unspecified atom stereocenters. The van der Waals surface area contributed by atoms with Crippen LogP contribution in [0.15, 0.2) is 30.3 Å². The molecule has 0 spiro atoms. The molecule has 5 nitrogen and oxygen atoms in total. The van der Waals surface area contributed by atoms with Crippen molar-refractivity contribution in [3.05, 3.63) is 58.4 Å². The number of aromatic amines is 1. The summed E-state index contributed by atoms with van der Waals surface area (Å²) in [6.45, 7) is 5.73. The standard InChI is InChI=1S/C19H23NO4/c1-4-15-16(5-2)18(20-17(15)12-23-13(3)21)19(22)24-11-14-9-7-6-8-10-14/h6-10,20H,4-5,11-12H2,1-3H3. The summed E-state index contributed by atoms with van der Waals surface area (Å²) < 4.78 is 10.5. The minimum Gasteiger partial charge on any atom is -0.459 e. The van der Waals surface area contributed by atoms with Gasteiger partial charge in [-0.05, 0) is 29.5 Å². The van der Waals surface area contributed by atoms with Gasteiger partial charge in [0.25, 0.3) is 0 Å². The summed E-state index contributed by atoms with van der Waals surface area (Å²) >= 11 is 0. The van der Waals surface area contributed by atoms with Gasteiger partial charge in [0.05, 0.1) is 5.69 Å². The predicted octanol–water partition coefficient (Wildman–Crippen LogP) is 3.56. The summed E-state index contributed by atoms with van der Waals surface area (Å²) in [5.74, 6) is -0.739. The normalized spacial score (nSPS) is 10.5. The zero-order valence-corrected chi connectivity index (χ0v) is 14.3. The fourth-order valence-corrected chi connectivity index (χ4v) is 2.72. The minimum absolute atomic E-state index is 0.136. The highest BCUT2D eigenvalue weighted by atomic mass is 16.5. The summed E-state index contributed by atoms with van der Waals surface area (Å²) in [5, 5.41) is 0. The maximum absolute atomic E-state index is 12.5. The van der Waals surface area contributed by atoms with E-state index in [1.54, 1.807) is 0 Å². The topological polar surface area (TPSA) is 68.4 Å². The van der Waals surface area contributed by atoms with E-state index in [0.29, 0.717) is 12.1 Å². The molecule has 1 aromatic heterocycles. The van der Waals surface area contributed by atoms with Gasteiger partial charge in [-0.1, -0.05) is 44.2 Å². The fraction of sp³-hybridized carbons (Fsp3) is 0.368. The fourth-order valence-electron chi connectivity index (χ4n) is 2.72. The highest BCUT2D eigenvalue weighted by Crippen LogP contribution is 2.23. The van der Waals surface area contributed by atoms with Crippen molar-refractivity contribution in [3.63, 3.8) is 0 Å². The molecule has 0 saturated heterocycles. The van der Waals surface area contributed by atoms with Crippen LogP contribution < -0.4 is 0 Å². The van der Waals surface area contributed by atoms with Gasteiger partial charge in [-0.2, -0.15) is 0 Å². The average molecular weight is 329 g/mol. The first-order valence-corrected chi connectivity index (χ1v) is 8.13. The molecule has 0 atom stereocenters. The SMILES string of the molecule is CCc1c(COC(C)=O)[nH]c(C(=O)OCc2ccccc2)c1CC. The lowest BCUT2D eigenvalue weighted by atomic mass is 10.0. The van der Waals surface area contributed by atoms with E-state index in [0.717, 1.165) is 28.8 Å². The second-order valence-corrected chi connectivity index (χ2v) is 5.48. The average Bonchev–Trinajstić information content (AvgIpc) is 2.96. The van der Waals surface area contributed by atoms with E-state index in [4.69, 9.17) is 9.47 Å². The molecule has 0 bridgehead atoms. The number of hydrogen-bond donors (Lipinski definition) is 1. The van der Waals surface area contributed by atoms with Gasteiger partial charge < -0.3 is 14.5 Å². The van der Waals surface area contributed by atoms with Crippen molar-refractivity contribution in [3.8, 4) is 0 Å². The summed E-state index contributed by atoms with van der Waals surface area (Å²) in [7, 11) is 0. The summed E-state index contributed by atoms with van der Waals surface area (Å²) in [4.78, 5) is 26.6. The Morgan fingerprint density at radius 2 is 1.62 bits per heavy atom. The first-order valence-electron chi connectivity index (χ1n) is 8.13. The Kier molecular flexibility index (Phi) is 6.18. The summed E-state index contributed by atoms with van der Waals surface area (Å²) in [5.41, 5.74) is 4.10. The maximum atomic E-state index is 12.5. The van der Waals surface area contributed by atoms with Crippen molar-refractivity contribution in [1.82, 2.24) is 4.98 Å². The number of carbonyl (C=O) groups excluding carboxylic acids is 2. The van der Waals surface area contributed by atoms with Crippen molar-refractivity contribution < 1.29 is 19.1 Å². The second kappa shape index (κ2) is 8.34. The number of H-pyrrole nitrogens is 1. The molecule has 0 saturated carbocycles. The van der Waals surface area contributed by atoms with Crippen molar-refractivity contribution in [2.24, 2.45) is 0 Å². The Labute approximate surface area is 142 Å². The summed E-state index contributed by atoms with van der Waals surface area (Å²) in [6, 6.07) is 9.54. The quantitative estimate of drug-likeness (QED) is 0.789. The van der Waals surface area contributed by atoms with Gasteiger partial charge in [-0.25, -0.2) is 4.79 Å². The molecule has 0 fully saturated rings. The largest absolute Gasteiger partial charge is 0.459 e. The number of ether oxygens (including phenoxy) is 2. The molecule has 1 heterocycles. The van der Waals surface area contributed by atoms with Crippen LogP contribution in [0.25, 0.3) is 0 Å². The molecule has 1 N–H and O–H groups in total. The van der Waals surface area contributed by atoms with Crippen LogP contribution in [-0.2, 0) is 40.3 Å². The van der Waals surface area contributed by atoms with Gasteiger partial charge in [-0.3, -0.25) is 4.79 Å². The summed E-state index contributed by atoms with van der Waals surface area (Å²) in [6.07, 6.45) is 1.46. The number of benzene rings is 1. The molecule has 0 aliphatic rings. The van der Waals surface area contributed by atoms with E-state index in [1.165, 1.54) is 6.92 Å². The molecule has 2 aromatic rings. The lowest BCUT2D eigenvalue weighted by Gasteiger charge is -2.06. The Hall–Kier alpha value is -2.56. The number of aromatic nitrogens is 1. The lowest BCUT2D eigenvalue weighted by molar-refractivity contribution is -0.142. The van der Waals surface area contributed by atoms with Crippen LogP contribution in [0, 0.1) is 0 Å². The molecule has 0 aliphatic heterocycles. The van der Waals surface area contributed by atoms with E-state index in [1.807, 2.05) is 44.2 Å². The van der Waals surface area contributed by atoms with Crippen LogP contribution >= 0.6 is 0 Å². The van der Waals surface area contributed by atoms with Crippen molar-refractivity contribution in [1.29, 1.82) is 0 Å². The number of esters is 2. The zero-order valence-electron chi connectivity index (χ0n) is 14.3. The van der Waals surface area contributed by atoms with E-state index in [9.17, 15) is 9.59 Å². The molecule has 128 valence electrons. The minimum atomic E-state index is -0.389. The molecule has 0 aliphatic carbocycles. The van der Waals surface area contributed by atoms with Crippen molar-refractivity contribution in [2.75, 3.05) is 0 Å². The van der Waals surface area contributed by atoms with Crippen LogP contribution in [0.4, 0.5) is 0 Å². The Balaban J connectivity index is 2.18. The lowest BCUT2D eigenvalue weighted by Crippen LogP contribution is -2.08. The number of nitrogens with one attached hydrogen (secondary N) is 1. The van der Waals surface area contributed by atoms with Gasteiger partial charge >= 0.3 is 11.9 Å². The van der Waals surface area contributed by atoms with Crippen LogP contribution in [0.5, 0.6) is 0 Å². The molecule has 24 heavy (non-hydrogen) atoms. The third-order valence-corrected chi connectivity index (χ3v) is 3.85. The molecule has 0 radical (unpaired) electrons. The molecule has 0 amide bonds. The van der Waals surface area contributed by atoms with Gasteiger partial charge in [-0.15, -0.1) is 0 Å². The smallest absolute Gasteiger partial charge is 0.355 e. The van der Waals surface area contributed by atoms with Gasteiger partial charge in [0.2, 0.25) is 0 Å². The molecule has 1 aromatic carbocycles. The maximum Gasteiger partial charge on any atom is 0.355 e. The highest BCUT2D eigenvalue weighted by molar-refractivity contribution is 5.90. The molecule has 5 heteroatoms. The number of hydrogen-bond acceptors (Lipinski definition) is 4. The van der Waals surface area contributed by atoms with E-state index in [-0.39, 0.29) is 25.2 Å². The van der Waals surface area contributed by atoms with Gasteiger partial charge in [0, 0.05) is 6.92 Å². The van der Waals surface area contributed by atoms with Gasteiger partial charge in [0.15, 0.2) is 0 Å². The molecule has 2 rings (SSSR count). The number of carbonyl (C=O) groups is 2. The Morgan fingerprint density at radius 3 is 2.21 bits per heavy atom. The van der Waals surface area contributed by atoms with E-state index >= 15 is 0 Å². The van der Waals surface area contributed by atoms with Crippen molar-refractivity contribution >= 4 is 11.9 Å². The first-order chi connectivity index (χ1) is 11.6. The third-order valence-electron chi connectivity index (χ3n) is 3.85. The highest BCUT2D eigenvalue weighted by Gasteiger charge is 2.21. The van der Waals surface area contributed by atoms with E-state index < -0.39 is 0 Å². The van der Waals surface area contributed by atoms with Crippen LogP contribution in [0.1, 0.15) is 53.6 Å². The van der Waals surface area contributed by atoms with Crippen LogP contribution in [-0.4, -0.2) is 16.9 Å². The van der Waals surface area contributed by atoms with Crippen LogP contribution in [0.3, 0.4) is 0 Å². The Morgan fingerprint density at radius 1 is 0.958 bits per heavy atom. The van der Waals surface area contributed by atoms with Crippen molar-refractivity contribution in [2.45, 2.75) is 46.8 Å². The first kappa shape index (κ1) is 17.8. The third kappa shape index (κ3) is 4.25. The van der Waals surface area contributed by atoms with Crippen LogP contribution in [0.2, 0.25) is 0 Å². The monoisotopic (exact) mass is 329 g/mol. The molecular formula is C19H23NO4.